The van der Waals surface area contributed by atoms with E-state index in [1.54, 1.807) is 32.6 Å². The fourth-order valence-corrected chi connectivity index (χ4v) is 4.03. The second-order valence-corrected chi connectivity index (χ2v) is 10.4. The highest BCUT2D eigenvalue weighted by molar-refractivity contribution is 6.00. The van der Waals surface area contributed by atoms with Crippen molar-refractivity contribution in [2.24, 2.45) is 0 Å². The molecule has 1 fully saturated rings. The maximum Gasteiger partial charge on any atom is 0.408 e. The van der Waals surface area contributed by atoms with E-state index >= 15 is 0 Å². The van der Waals surface area contributed by atoms with Gasteiger partial charge in [-0.3, -0.25) is 9.59 Å². The molecule has 0 aromatic heterocycles. The number of alkyl carbamates (subject to hydrolysis) is 1. The monoisotopic (exact) mass is 479 g/mol. The van der Waals surface area contributed by atoms with Crippen LogP contribution in [0.3, 0.4) is 0 Å². The number of nitrogens with zero attached hydrogens (tertiary/aromatic N) is 1. The predicted octanol–water partition coefficient (Wildman–Crippen LogP) is 5.20. The first-order chi connectivity index (χ1) is 16.4. The van der Waals surface area contributed by atoms with Crippen LogP contribution in [0.2, 0.25) is 0 Å². The highest BCUT2D eigenvalue weighted by atomic mass is 16.6. The van der Waals surface area contributed by atoms with Crippen molar-refractivity contribution in [2.45, 2.75) is 85.0 Å². The number of amides is 3. The van der Waals surface area contributed by atoms with E-state index in [2.05, 4.69) is 10.6 Å². The molecule has 2 aromatic carbocycles. The summed E-state index contributed by atoms with van der Waals surface area (Å²) in [7, 11) is 0. The lowest BCUT2D eigenvalue weighted by Gasteiger charge is -2.34. The highest BCUT2D eigenvalue weighted by Gasteiger charge is 2.43. The third kappa shape index (κ3) is 6.84. The molecular weight excluding hydrogens is 442 g/mol. The normalized spacial score (nSPS) is 15.1. The van der Waals surface area contributed by atoms with E-state index in [-0.39, 0.29) is 17.9 Å². The van der Waals surface area contributed by atoms with Crippen LogP contribution in [0, 0.1) is 20.8 Å². The third-order valence-electron chi connectivity index (χ3n) is 5.95. The van der Waals surface area contributed by atoms with Crippen molar-refractivity contribution in [1.29, 1.82) is 0 Å². The Morgan fingerprint density at radius 2 is 1.54 bits per heavy atom. The van der Waals surface area contributed by atoms with Crippen LogP contribution in [-0.2, 0) is 14.3 Å². The summed E-state index contributed by atoms with van der Waals surface area (Å²) in [5.41, 5.74) is 3.75. The Morgan fingerprint density at radius 3 is 2.06 bits per heavy atom. The van der Waals surface area contributed by atoms with Crippen molar-refractivity contribution in [3.63, 3.8) is 0 Å². The summed E-state index contributed by atoms with van der Waals surface area (Å²) in [6, 6.07) is 11.7. The number of hydrogen-bond acceptors (Lipinski definition) is 4. The molecule has 35 heavy (non-hydrogen) atoms. The van der Waals surface area contributed by atoms with Crippen LogP contribution in [0.25, 0.3) is 0 Å². The topological polar surface area (TPSA) is 87.7 Å². The summed E-state index contributed by atoms with van der Waals surface area (Å²) in [6.07, 6.45) is 0.953. The smallest absolute Gasteiger partial charge is 0.408 e. The molecule has 3 rings (SSSR count). The molecule has 2 unspecified atom stereocenters. The Bertz CT molecular complexity index is 1060. The number of carbonyl (C=O) groups excluding carboxylic acids is 3. The molecule has 7 nitrogen and oxygen atoms in total. The first kappa shape index (κ1) is 26.3. The van der Waals surface area contributed by atoms with Gasteiger partial charge in [-0.15, -0.1) is 0 Å². The summed E-state index contributed by atoms with van der Waals surface area (Å²) in [5.74, 6) is -0.600. The van der Waals surface area contributed by atoms with E-state index < -0.39 is 23.8 Å². The highest BCUT2D eigenvalue weighted by Crippen LogP contribution is 2.36. The average Bonchev–Trinajstić information content (AvgIpc) is 3.58. The lowest BCUT2D eigenvalue weighted by Crippen LogP contribution is -2.52. The zero-order chi connectivity index (χ0) is 25.9. The van der Waals surface area contributed by atoms with E-state index in [0.717, 1.165) is 40.8 Å². The molecular formula is C28H37N3O4. The van der Waals surface area contributed by atoms with Crippen LogP contribution in [0.4, 0.5) is 10.5 Å². The predicted molar refractivity (Wildman–Crippen MR) is 137 cm³/mol. The average molecular weight is 480 g/mol. The molecule has 0 bridgehead atoms. The molecule has 0 spiro atoms. The Balaban J connectivity index is 1.93. The molecule has 1 aliphatic carbocycles. The van der Waals surface area contributed by atoms with Crippen molar-refractivity contribution in [1.82, 2.24) is 10.2 Å². The lowest BCUT2D eigenvalue weighted by molar-refractivity contribution is -0.141. The van der Waals surface area contributed by atoms with Crippen molar-refractivity contribution < 1.29 is 19.1 Å². The SMILES string of the molecule is Cc1ccc(C(C(=O)Nc2c(C)cccc2C)N(C(=O)C(C)NC(=O)OC(C)(C)C)C2CC2)cc1. The van der Waals surface area contributed by atoms with Crippen molar-refractivity contribution in [3.05, 3.63) is 64.7 Å². The second-order valence-electron chi connectivity index (χ2n) is 10.4. The van der Waals surface area contributed by atoms with E-state index in [1.165, 1.54) is 0 Å². The van der Waals surface area contributed by atoms with Gasteiger partial charge < -0.3 is 20.3 Å². The van der Waals surface area contributed by atoms with Gasteiger partial charge in [0.15, 0.2) is 0 Å². The minimum absolute atomic E-state index is 0.0691. The fourth-order valence-electron chi connectivity index (χ4n) is 4.03. The number of anilines is 1. The number of rotatable bonds is 7. The molecule has 0 radical (unpaired) electrons. The van der Waals surface area contributed by atoms with Crippen LogP contribution in [0.1, 0.15) is 68.8 Å². The summed E-state index contributed by atoms with van der Waals surface area (Å²) in [4.78, 5) is 41.4. The molecule has 1 saturated carbocycles. The zero-order valence-electron chi connectivity index (χ0n) is 21.8. The minimum atomic E-state index is -0.855. The fraction of sp³-hybridized carbons (Fsp3) is 0.464. The van der Waals surface area contributed by atoms with Crippen molar-refractivity contribution in [3.8, 4) is 0 Å². The standard InChI is InChI=1S/C28H37N3O4/c1-17-11-13-21(14-12-17)24(25(32)30-23-18(2)9-8-10-19(23)3)31(22-15-16-22)26(33)20(4)29-27(34)35-28(5,6)7/h8-14,20,22,24H,15-16H2,1-7H3,(H,29,34)(H,30,32). The number of benzene rings is 2. The summed E-state index contributed by atoms with van der Waals surface area (Å²) < 4.78 is 5.33. The van der Waals surface area contributed by atoms with Crippen LogP contribution >= 0.6 is 0 Å². The van der Waals surface area contributed by atoms with Gasteiger partial charge in [0.2, 0.25) is 5.91 Å². The van der Waals surface area contributed by atoms with Crippen molar-refractivity contribution >= 4 is 23.6 Å². The molecule has 2 atom stereocenters. The van der Waals surface area contributed by atoms with Gasteiger partial charge in [-0.1, -0.05) is 48.0 Å². The number of para-hydroxylation sites is 1. The number of nitrogens with one attached hydrogen (secondary N) is 2. The van der Waals surface area contributed by atoms with Gasteiger partial charge in [-0.2, -0.15) is 0 Å². The number of hydrogen-bond donors (Lipinski definition) is 2. The van der Waals surface area contributed by atoms with Crippen LogP contribution in [0.15, 0.2) is 42.5 Å². The second kappa shape index (κ2) is 10.5. The third-order valence-corrected chi connectivity index (χ3v) is 5.95. The van der Waals surface area contributed by atoms with E-state index in [4.69, 9.17) is 4.74 Å². The Hall–Kier alpha value is -3.35. The van der Waals surface area contributed by atoms with Gasteiger partial charge in [-0.05, 0) is 78.0 Å². The lowest BCUT2D eigenvalue weighted by atomic mass is 10.0. The first-order valence-electron chi connectivity index (χ1n) is 12.1. The van der Waals surface area contributed by atoms with Gasteiger partial charge in [0.05, 0.1) is 0 Å². The molecule has 0 saturated heterocycles. The van der Waals surface area contributed by atoms with E-state index in [0.29, 0.717) is 0 Å². The molecule has 1 aliphatic rings. The van der Waals surface area contributed by atoms with Crippen LogP contribution < -0.4 is 10.6 Å². The zero-order valence-corrected chi connectivity index (χ0v) is 21.8. The van der Waals surface area contributed by atoms with E-state index in [9.17, 15) is 14.4 Å². The number of ether oxygens (including phenoxy) is 1. The van der Waals surface area contributed by atoms with Crippen LogP contribution in [-0.4, -0.2) is 40.5 Å². The Kier molecular flexibility index (Phi) is 7.88. The quantitative estimate of drug-likeness (QED) is 0.572. The van der Waals surface area contributed by atoms with Gasteiger partial charge in [0.25, 0.3) is 5.91 Å². The molecule has 188 valence electrons. The van der Waals surface area contributed by atoms with Gasteiger partial charge >= 0.3 is 6.09 Å². The molecule has 2 N–H and O–H groups in total. The molecule has 0 heterocycles. The summed E-state index contributed by atoms with van der Waals surface area (Å²) >= 11 is 0. The van der Waals surface area contributed by atoms with Gasteiger partial charge in [-0.25, -0.2) is 4.79 Å². The van der Waals surface area contributed by atoms with Gasteiger partial charge in [0.1, 0.15) is 17.7 Å². The molecule has 2 aromatic rings. The number of carbonyl (C=O) groups is 3. The Labute approximate surface area is 208 Å². The largest absolute Gasteiger partial charge is 0.444 e. The maximum absolute atomic E-state index is 13.8. The minimum Gasteiger partial charge on any atom is -0.444 e. The molecule has 3 amide bonds. The summed E-state index contributed by atoms with van der Waals surface area (Å²) in [6.45, 7) is 12.8. The molecule has 7 heteroatoms. The van der Waals surface area contributed by atoms with E-state index in [1.807, 2.05) is 63.2 Å². The van der Waals surface area contributed by atoms with Crippen LogP contribution in [0.5, 0.6) is 0 Å². The Morgan fingerprint density at radius 1 is 0.971 bits per heavy atom. The number of aryl methyl sites for hydroxylation is 3. The summed E-state index contributed by atoms with van der Waals surface area (Å²) in [5, 5.41) is 5.71. The molecule has 0 aliphatic heterocycles. The van der Waals surface area contributed by atoms with Crippen molar-refractivity contribution in [2.75, 3.05) is 5.32 Å². The van der Waals surface area contributed by atoms with Gasteiger partial charge in [0, 0.05) is 11.7 Å². The first-order valence-corrected chi connectivity index (χ1v) is 12.1. The maximum atomic E-state index is 13.8.